The summed E-state index contributed by atoms with van der Waals surface area (Å²) >= 11 is 12.4. The smallest absolute Gasteiger partial charge is 0.162 e. The number of rotatable bonds is 8. The van der Waals surface area contributed by atoms with Crippen LogP contribution in [0.1, 0.15) is 70.4 Å². The maximum atomic E-state index is 14.0. The van der Waals surface area contributed by atoms with Gasteiger partial charge >= 0.3 is 0 Å². The molecule has 5 rings (SSSR count). The normalized spacial score (nSPS) is 20.0. The number of carbonyl (C=O) groups is 2. The molecule has 0 spiro atoms. The number of halogens is 2. The van der Waals surface area contributed by atoms with Crippen molar-refractivity contribution in [2.75, 3.05) is 27.4 Å². The molecule has 0 N–H and O–H groups in total. The van der Waals surface area contributed by atoms with Gasteiger partial charge in [-0.3, -0.25) is 9.59 Å². The summed E-state index contributed by atoms with van der Waals surface area (Å²) in [5.74, 6) is 0.787. The van der Waals surface area contributed by atoms with E-state index in [0.717, 1.165) is 46.5 Å². The van der Waals surface area contributed by atoms with Gasteiger partial charge in [-0.05, 0) is 53.5 Å². The first-order valence-corrected chi connectivity index (χ1v) is 15.1. The molecule has 1 aliphatic heterocycles. The highest BCUT2D eigenvalue weighted by Crippen LogP contribution is 2.54. The molecule has 2 aromatic rings. The summed E-state index contributed by atoms with van der Waals surface area (Å²) in [6, 6.07) is 11.0. The average molecular weight is 613 g/mol. The third-order valence-corrected chi connectivity index (χ3v) is 9.05. The fourth-order valence-electron chi connectivity index (χ4n) is 6.61. The minimum absolute atomic E-state index is 0.0922. The molecule has 3 aliphatic rings. The Bertz CT molecular complexity index is 1430. The fourth-order valence-corrected chi connectivity index (χ4v) is 7.07. The van der Waals surface area contributed by atoms with E-state index in [1.54, 1.807) is 26.4 Å². The monoisotopic (exact) mass is 611 g/mol. The summed E-state index contributed by atoms with van der Waals surface area (Å²) in [4.78, 5) is 30.2. The Morgan fingerprint density at radius 2 is 1.45 bits per heavy atom. The van der Waals surface area contributed by atoms with Crippen molar-refractivity contribution >= 4 is 34.8 Å². The highest BCUT2D eigenvalue weighted by molar-refractivity contribution is 6.35. The predicted molar refractivity (Wildman–Crippen MR) is 165 cm³/mol. The van der Waals surface area contributed by atoms with Gasteiger partial charge in [0.05, 0.1) is 13.7 Å². The molecule has 0 bridgehead atoms. The first-order chi connectivity index (χ1) is 19.8. The molecular weight excluding hydrogens is 573 g/mol. The molecule has 224 valence electrons. The summed E-state index contributed by atoms with van der Waals surface area (Å²) in [5, 5.41) is 1.08. The zero-order valence-corrected chi connectivity index (χ0v) is 26.7. The third-order valence-electron chi connectivity index (χ3n) is 8.46. The van der Waals surface area contributed by atoms with E-state index in [2.05, 4.69) is 32.6 Å². The molecule has 0 aromatic heterocycles. The standard InChI is InChI=1S/C34H39Cl2NO5/c1-33(2)15-24-31(26(38)17-33)30(32-25(37(24)11-12-40-5)16-34(3,4)18-27(32)39)20-8-10-28(29(13-20)41-6)42-19-21-7-9-22(35)14-23(21)36/h7-10,13-14,30H,11-12,15-19H2,1-6H3. The van der Waals surface area contributed by atoms with Crippen molar-refractivity contribution in [3.63, 3.8) is 0 Å². The van der Waals surface area contributed by atoms with Crippen LogP contribution in [0.5, 0.6) is 11.5 Å². The number of allylic oxidation sites excluding steroid dienone is 4. The van der Waals surface area contributed by atoms with Gasteiger partial charge in [0, 0.05) is 70.6 Å². The maximum absolute atomic E-state index is 14.0. The summed E-state index contributed by atoms with van der Waals surface area (Å²) in [7, 11) is 3.27. The van der Waals surface area contributed by atoms with Crippen LogP contribution in [-0.4, -0.2) is 43.8 Å². The quantitative estimate of drug-likeness (QED) is 0.302. The highest BCUT2D eigenvalue weighted by Gasteiger charge is 2.49. The SMILES string of the molecule is COCCN1C2=C(C(=O)CC(C)(C)C2)C(c2ccc(OCc3ccc(Cl)cc3Cl)c(OC)c2)C2=C1CC(C)(C)CC2=O. The minimum Gasteiger partial charge on any atom is -0.493 e. The van der Waals surface area contributed by atoms with Crippen molar-refractivity contribution in [1.82, 2.24) is 4.90 Å². The summed E-state index contributed by atoms with van der Waals surface area (Å²) in [6.45, 7) is 9.88. The second kappa shape index (κ2) is 11.7. The molecule has 0 atom stereocenters. The van der Waals surface area contributed by atoms with Gasteiger partial charge in [-0.2, -0.15) is 0 Å². The van der Waals surface area contributed by atoms with Gasteiger partial charge < -0.3 is 19.1 Å². The lowest BCUT2D eigenvalue weighted by Gasteiger charge is -2.49. The molecule has 6 nitrogen and oxygen atoms in total. The minimum atomic E-state index is -0.463. The van der Waals surface area contributed by atoms with Crippen LogP contribution in [0.25, 0.3) is 0 Å². The lowest BCUT2D eigenvalue weighted by Crippen LogP contribution is -2.45. The number of hydrogen-bond acceptors (Lipinski definition) is 6. The van der Waals surface area contributed by atoms with E-state index in [1.165, 1.54) is 0 Å². The van der Waals surface area contributed by atoms with Crippen LogP contribution in [0.15, 0.2) is 58.9 Å². The van der Waals surface area contributed by atoms with Crippen LogP contribution in [-0.2, 0) is 20.9 Å². The molecule has 2 aliphatic carbocycles. The van der Waals surface area contributed by atoms with Crippen molar-refractivity contribution in [3.05, 3.63) is 80.1 Å². The van der Waals surface area contributed by atoms with Crippen molar-refractivity contribution in [1.29, 1.82) is 0 Å². The predicted octanol–water partition coefficient (Wildman–Crippen LogP) is 7.91. The van der Waals surface area contributed by atoms with Crippen molar-refractivity contribution in [2.24, 2.45) is 10.8 Å². The molecule has 8 heteroatoms. The fraction of sp³-hybridized carbons (Fsp3) is 0.471. The Morgan fingerprint density at radius 3 is 2.00 bits per heavy atom. The van der Waals surface area contributed by atoms with E-state index in [9.17, 15) is 9.59 Å². The van der Waals surface area contributed by atoms with E-state index in [-0.39, 0.29) is 29.0 Å². The Balaban J connectivity index is 1.61. The van der Waals surface area contributed by atoms with E-state index >= 15 is 0 Å². The van der Waals surface area contributed by atoms with E-state index < -0.39 is 5.92 Å². The van der Waals surface area contributed by atoms with Crippen molar-refractivity contribution in [3.8, 4) is 11.5 Å². The van der Waals surface area contributed by atoms with Crippen LogP contribution < -0.4 is 9.47 Å². The van der Waals surface area contributed by atoms with E-state index in [4.69, 9.17) is 37.4 Å². The zero-order chi connectivity index (χ0) is 30.4. The summed E-state index contributed by atoms with van der Waals surface area (Å²) < 4.78 is 17.4. The van der Waals surface area contributed by atoms with Crippen molar-refractivity contribution in [2.45, 2.75) is 65.9 Å². The van der Waals surface area contributed by atoms with E-state index in [0.29, 0.717) is 47.5 Å². The molecule has 42 heavy (non-hydrogen) atoms. The number of methoxy groups -OCH3 is 2. The third kappa shape index (κ3) is 5.99. The van der Waals surface area contributed by atoms with Gasteiger partial charge in [0.25, 0.3) is 0 Å². The highest BCUT2D eigenvalue weighted by atomic mass is 35.5. The number of Topliss-reactive ketones (excluding diaryl/α,β-unsaturated/α-hetero) is 2. The number of ketones is 2. The van der Waals surface area contributed by atoms with Crippen LogP contribution in [0.4, 0.5) is 0 Å². The number of nitrogens with zero attached hydrogens (tertiary/aromatic N) is 1. The molecule has 0 saturated carbocycles. The van der Waals surface area contributed by atoms with Gasteiger partial charge in [0.2, 0.25) is 0 Å². The molecule has 1 heterocycles. The number of carbonyl (C=O) groups excluding carboxylic acids is 2. The van der Waals surface area contributed by atoms with Gasteiger partial charge in [0.1, 0.15) is 6.61 Å². The molecule has 0 fully saturated rings. The first kappa shape index (κ1) is 30.7. The Labute approximate surface area is 258 Å². The second-order valence-electron chi connectivity index (χ2n) is 13.1. The summed E-state index contributed by atoms with van der Waals surface area (Å²) in [6.07, 6.45) is 2.37. The van der Waals surface area contributed by atoms with Gasteiger partial charge in [-0.1, -0.05) is 63.0 Å². The Morgan fingerprint density at radius 1 is 0.833 bits per heavy atom. The average Bonchev–Trinajstić information content (AvgIpc) is 2.89. The lowest BCUT2D eigenvalue weighted by molar-refractivity contribution is -0.119. The zero-order valence-electron chi connectivity index (χ0n) is 25.2. The summed E-state index contributed by atoms with van der Waals surface area (Å²) in [5.41, 5.74) is 4.75. The van der Waals surface area contributed by atoms with Crippen LogP contribution >= 0.6 is 23.2 Å². The molecule has 2 aromatic carbocycles. The molecule has 0 saturated heterocycles. The molecule has 0 radical (unpaired) electrons. The van der Waals surface area contributed by atoms with Gasteiger partial charge in [-0.15, -0.1) is 0 Å². The van der Waals surface area contributed by atoms with Crippen LogP contribution in [0, 0.1) is 10.8 Å². The lowest BCUT2D eigenvalue weighted by atomic mass is 9.63. The topological polar surface area (TPSA) is 65.1 Å². The first-order valence-electron chi connectivity index (χ1n) is 14.4. The molecular formula is C34H39Cl2NO5. The van der Waals surface area contributed by atoms with Gasteiger partial charge in [-0.25, -0.2) is 0 Å². The van der Waals surface area contributed by atoms with Gasteiger partial charge in [0.15, 0.2) is 23.1 Å². The van der Waals surface area contributed by atoms with Crippen molar-refractivity contribution < 1.29 is 23.8 Å². The number of benzene rings is 2. The Hall–Kier alpha value is -2.80. The molecule has 0 unspecified atom stereocenters. The second-order valence-corrected chi connectivity index (χ2v) is 14.0. The number of ether oxygens (including phenoxy) is 3. The van der Waals surface area contributed by atoms with Crippen LogP contribution in [0.2, 0.25) is 10.0 Å². The van der Waals surface area contributed by atoms with E-state index in [1.807, 2.05) is 24.3 Å². The largest absolute Gasteiger partial charge is 0.493 e. The Kier molecular flexibility index (Phi) is 8.54. The number of hydrogen-bond donors (Lipinski definition) is 0. The van der Waals surface area contributed by atoms with Crippen LogP contribution in [0.3, 0.4) is 0 Å². The molecule has 0 amide bonds. The maximum Gasteiger partial charge on any atom is 0.162 e.